The first-order valence-electron chi connectivity index (χ1n) is 2.29. The Hall–Kier alpha value is -1.24. The molecule has 0 amide bonds. The lowest BCUT2D eigenvalue weighted by atomic mass is 11.1. The van der Waals surface area contributed by atoms with Gasteiger partial charge in [-0.15, -0.1) is 26.3 Å². The molecule has 0 aliphatic rings. The van der Waals surface area contributed by atoms with Crippen LogP contribution in [-0.4, -0.2) is 0 Å². The maximum absolute atomic E-state index is 4.36. The molecule has 1 heteroatoms. The van der Waals surface area contributed by atoms with Gasteiger partial charge in [-0.3, -0.25) is 0 Å². The van der Waals surface area contributed by atoms with Crippen LogP contribution >= 0.6 is 0 Å². The highest BCUT2D eigenvalue weighted by molar-refractivity contribution is 4.57. The van der Waals surface area contributed by atoms with Gasteiger partial charge in [-0.05, 0) is 0 Å². The third-order valence-corrected chi connectivity index (χ3v) is 0.192. The minimum absolute atomic E-state index is 1.31. The molecule has 9 heavy (non-hydrogen) atoms. The van der Waals surface area contributed by atoms with Crippen LogP contribution in [0.15, 0.2) is 52.0 Å². The van der Waals surface area contributed by atoms with Crippen LogP contribution in [-0.2, 0) is 4.74 Å². The summed E-state index contributed by atoms with van der Waals surface area (Å²) in [5, 5.41) is 0. The van der Waals surface area contributed by atoms with Crippen molar-refractivity contribution in [1.82, 2.24) is 0 Å². The Bertz CT molecular complexity index is 49.6. The highest BCUT2D eigenvalue weighted by atomic mass is 16.5. The van der Waals surface area contributed by atoms with Crippen molar-refractivity contribution in [2.45, 2.75) is 0 Å². The molecule has 0 saturated heterocycles. The Morgan fingerprint density at radius 3 is 1.00 bits per heavy atom. The molecule has 0 saturated carbocycles. The summed E-state index contributed by atoms with van der Waals surface area (Å²) in [7, 11) is 0. The Balaban J connectivity index is -0.0000000771. The fourth-order valence-corrected chi connectivity index (χ4v) is 0.0680. The van der Waals surface area contributed by atoms with Gasteiger partial charge in [0.2, 0.25) is 0 Å². The van der Waals surface area contributed by atoms with E-state index in [-0.39, 0.29) is 0 Å². The third kappa shape index (κ3) is 265. The van der Waals surface area contributed by atoms with E-state index in [2.05, 4.69) is 44.2 Å². The summed E-state index contributed by atoms with van der Waals surface area (Å²) < 4.78 is 4.36. The number of hydrogen-bond acceptors (Lipinski definition) is 1. The van der Waals surface area contributed by atoms with Crippen molar-refractivity contribution in [3.05, 3.63) is 52.0 Å². The van der Waals surface area contributed by atoms with E-state index in [0.717, 1.165) is 0 Å². The van der Waals surface area contributed by atoms with Crippen molar-refractivity contribution in [2.75, 3.05) is 0 Å². The van der Waals surface area contributed by atoms with Gasteiger partial charge < -0.3 is 4.74 Å². The van der Waals surface area contributed by atoms with Crippen molar-refractivity contribution >= 4 is 0 Å². The fourth-order valence-electron chi connectivity index (χ4n) is 0.0680. The third-order valence-electron chi connectivity index (χ3n) is 0.192. The first-order valence-corrected chi connectivity index (χ1v) is 2.29. The molecule has 0 bridgehead atoms. The highest BCUT2D eigenvalue weighted by Gasteiger charge is 1.45. The van der Waals surface area contributed by atoms with E-state index >= 15 is 0 Å². The molecule has 0 rings (SSSR count). The standard InChI is InChI=1S/C4H6O.2C2H4/c1-3-5-4-2;2*1-2/h3-4H,1-2H2;2*1-2H2. The van der Waals surface area contributed by atoms with E-state index in [1.807, 2.05) is 0 Å². The quantitative estimate of drug-likeness (QED) is 0.408. The van der Waals surface area contributed by atoms with Gasteiger partial charge in [0, 0.05) is 0 Å². The molecule has 0 heterocycles. The van der Waals surface area contributed by atoms with Crippen LogP contribution in [0, 0.1) is 0 Å². The first-order chi connectivity index (χ1) is 4.41. The van der Waals surface area contributed by atoms with Gasteiger partial charge in [0.15, 0.2) is 0 Å². The molecule has 0 fully saturated rings. The predicted octanol–water partition coefficient (Wildman–Crippen LogP) is 2.89. The Morgan fingerprint density at radius 2 is 1.00 bits per heavy atom. The number of rotatable bonds is 2. The molecule has 0 aromatic carbocycles. The molecule has 1 nitrogen and oxygen atoms in total. The van der Waals surface area contributed by atoms with E-state index in [9.17, 15) is 0 Å². The minimum atomic E-state index is 1.31. The second-order valence-electron chi connectivity index (χ2n) is 0.469. The highest BCUT2D eigenvalue weighted by Crippen LogP contribution is 1.65. The van der Waals surface area contributed by atoms with Crippen molar-refractivity contribution in [2.24, 2.45) is 0 Å². The lowest BCUT2D eigenvalue weighted by Crippen LogP contribution is -1.52. The maximum Gasteiger partial charge on any atom is 0.0829 e. The SMILES string of the molecule is C=C.C=C.C=COC=C. The molecule has 0 aliphatic carbocycles. The van der Waals surface area contributed by atoms with E-state index in [1.54, 1.807) is 0 Å². The van der Waals surface area contributed by atoms with Gasteiger partial charge in [0.05, 0.1) is 12.5 Å². The molecule has 0 spiro atoms. The lowest BCUT2D eigenvalue weighted by molar-refractivity contribution is 0.406. The smallest absolute Gasteiger partial charge is 0.0829 e. The van der Waals surface area contributed by atoms with Crippen LogP contribution in [0.3, 0.4) is 0 Å². The Kier molecular flexibility index (Phi) is 126. The zero-order valence-corrected chi connectivity index (χ0v) is 5.81. The molecular formula is C8H14O. The van der Waals surface area contributed by atoms with Gasteiger partial charge in [0.25, 0.3) is 0 Å². The van der Waals surface area contributed by atoms with Crippen LogP contribution < -0.4 is 0 Å². The molecule has 0 atom stereocenters. The summed E-state index contributed by atoms with van der Waals surface area (Å²) in [5.74, 6) is 0. The normalized spacial score (nSPS) is 4.00. The molecular weight excluding hydrogens is 112 g/mol. The van der Waals surface area contributed by atoms with Crippen molar-refractivity contribution in [1.29, 1.82) is 0 Å². The summed E-state index contributed by atoms with van der Waals surface area (Å²) in [6.45, 7) is 18.5. The van der Waals surface area contributed by atoms with Crippen molar-refractivity contribution < 1.29 is 4.74 Å². The monoisotopic (exact) mass is 126 g/mol. The second kappa shape index (κ2) is 72.4. The van der Waals surface area contributed by atoms with E-state index in [0.29, 0.717) is 0 Å². The average molecular weight is 126 g/mol. The van der Waals surface area contributed by atoms with Crippen molar-refractivity contribution in [3.8, 4) is 0 Å². The van der Waals surface area contributed by atoms with E-state index < -0.39 is 0 Å². The number of hydrogen-bond donors (Lipinski definition) is 0. The number of ether oxygens (including phenoxy) is 1. The van der Waals surface area contributed by atoms with Gasteiger partial charge in [-0.2, -0.15) is 0 Å². The maximum atomic E-state index is 4.36. The zero-order chi connectivity index (χ0) is 8.12. The lowest BCUT2D eigenvalue weighted by Gasteiger charge is -1.76. The molecule has 0 unspecified atom stereocenters. The average Bonchev–Trinajstić information content (AvgIpc) is 1.98. The Morgan fingerprint density at radius 1 is 0.778 bits per heavy atom. The summed E-state index contributed by atoms with van der Waals surface area (Å²) in [5.41, 5.74) is 0. The van der Waals surface area contributed by atoms with Crippen LogP contribution in [0.4, 0.5) is 0 Å². The molecule has 0 aromatic heterocycles. The fraction of sp³-hybridized carbons (Fsp3) is 0. The minimum Gasteiger partial charge on any atom is -0.474 e. The Labute approximate surface area is 57.7 Å². The molecule has 0 aromatic rings. The van der Waals surface area contributed by atoms with Crippen LogP contribution in [0.1, 0.15) is 0 Å². The molecule has 0 radical (unpaired) electrons. The molecule has 0 N–H and O–H groups in total. The van der Waals surface area contributed by atoms with E-state index in [1.165, 1.54) is 12.5 Å². The zero-order valence-electron chi connectivity index (χ0n) is 5.81. The van der Waals surface area contributed by atoms with Gasteiger partial charge in [0.1, 0.15) is 0 Å². The van der Waals surface area contributed by atoms with Crippen LogP contribution in [0.5, 0.6) is 0 Å². The summed E-state index contributed by atoms with van der Waals surface area (Å²) in [6, 6.07) is 0. The van der Waals surface area contributed by atoms with Gasteiger partial charge >= 0.3 is 0 Å². The van der Waals surface area contributed by atoms with Gasteiger partial charge in [-0.25, -0.2) is 0 Å². The second-order valence-corrected chi connectivity index (χ2v) is 0.469. The van der Waals surface area contributed by atoms with Crippen LogP contribution in [0.25, 0.3) is 0 Å². The van der Waals surface area contributed by atoms with E-state index in [4.69, 9.17) is 0 Å². The van der Waals surface area contributed by atoms with Crippen molar-refractivity contribution in [3.63, 3.8) is 0 Å². The van der Waals surface area contributed by atoms with Crippen LogP contribution in [0.2, 0.25) is 0 Å². The summed E-state index contributed by atoms with van der Waals surface area (Å²) in [6.07, 6.45) is 2.62. The molecule has 0 aliphatic heterocycles. The largest absolute Gasteiger partial charge is 0.474 e. The summed E-state index contributed by atoms with van der Waals surface area (Å²) >= 11 is 0. The first kappa shape index (κ1) is 15.7. The van der Waals surface area contributed by atoms with Gasteiger partial charge in [-0.1, -0.05) is 13.2 Å². The predicted molar refractivity (Wildman–Crippen MR) is 44.0 cm³/mol. The molecule has 52 valence electrons. The summed E-state index contributed by atoms with van der Waals surface area (Å²) in [4.78, 5) is 0. The topological polar surface area (TPSA) is 9.23 Å².